The fraction of sp³-hybridized carbons (Fsp3) is 0.167. The van der Waals surface area contributed by atoms with Gasteiger partial charge >= 0.3 is 0 Å². The zero-order valence-electron chi connectivity index (χ0n) is 14.3. The van der Waals surface area contributed by atoms with Crippen LogP contribution in [0.25, 0.3) is 0 Å². The number of rotatable bonds is 6. The average molecular weight is 422 g/mol. The van der Waals surface area contributed by atoms with Crippen molar-refractivity contribution in [3.8, 4) is 0 Å². The first-order valence-corrected chi connectivity index (χ1v) is 10.9. The highest BCUT2D eigenvalue weighted by Crippen LogP contribution is 2.21. The monoisotopic (exact) mass is 421 g/mol. The van der Waals surface area contributed by atoms with Crippen molar-refractivity contribution in [3.63, 3.8) is 0 Å². The second-order valence-electron chi connectivity index (χ2n) is 5.82. The highest BCUT2D eigenvalue weighted by molar-refractivity contribution is 7.91. The summed E-state index contributed by atoms with van der Waals surface area (Å²) in [5.41, 5.74) is 1.33. The van der Waals surface area contributed by atoms with E-state index >= 15 is 0 Å². The Bertz CT molecular complexity index is 1060. The molecule has 6 nitrogen and oxygen atoms in total. The first-order chi connectivity index (χ1) is 12.8. The Labute approximate surface area is 166 Å². The molecule has 0 saturated heterocycles. The number of halogens is 1. The third-order valence-electron chi connectivity index (χ3n) is 3.77. The van der Waals surface area contributed by atoms with Crippen molar-refractivity contribution in [3.05, 3.63) is 69.7 Å². The largest absolute Gasteiger partial charge is 0.296 e. The van der Waals surface area contributed by atoms with Crippen molar-refractivity contribution >= 4 is 43.8 Å². The van der Waals surface area contributed by atoms with Crippen LogP contribution in [-0.4, -0.2) is 30.3 Å². The molecule has 0 aliphatic heterocycles. The SMILES string of the molecule is Cc1ccc(S(=O)(=O)CCc2nnc(NC(=O)c3ccccc3Cl)s2)cc1. The molecule has 1 aromatic heterocycles. The van der Waals surface area contributed by atoms with Crippen LogP contribution in [0, 0.1) is 6.92 Å². The molecule has 0 fully saturated rings. The summed E-state index contributed by atoms with van der Waals surface area (Å²) in [7, 11) is -3.40. The van der Waals surface area contributed by atoms with Gasteiger partial charge in [0.15, 0.2) is 9.84 Å². The fourth-order valence-corrected chi connectivity index (χ4v) is 4.63. The van der Waals surface area contributed by atoms with Crippen molar-refractivity contribution < 1.29 is 13.2 Å². The number of sulfone groups is 1. The van der Waals surface area contributed by atoms with Gasteiger partial charge in [-0.2, -0.15) is 0 Å². The summed E-state index contributed by atoms with van der Waals surface area (Å²) < 4.78 is 24.8. The van der Waals surface area contributed by atoms with Gasteiger partial charge in [0.05, 0.1) is 21.2 Å². The average Bonchev–Trinajstić information content (AvgIpc) is 3.08. The summed E-state index contributed by atoms with van der Waals surface area (Å²) >= 11 is 7.14. The second-order valence-corrected chi connectivity index (χ2v) is 9.40. The third-order valence-corrected chi connectivity index (χ3v) is 6.73. The van der Waals surface area contributed by atoms with Crippen LogP contribution < -0.4 is 5.32 Å². The van der Waals surface area contributed by atoms with Gasteiger partial charge in [0, 0.05) is 6.42 Å². The third kappa shape index (κ3) is 4.91. The van der Waals surface area contributed by atoms with E-state index in [0.717, 1.165) is 16.9 Å². The maximum Gasteiger partial charge on any atom is 0.259 e. The summed E-state index contributed by atoms with van der Waals surface area (Å²) in [6.45, 7) is 1.90. The van der Waals surface area contributed by atoms with Crippen molar-refractivity contribution in [1.29, 1.82) is 0 Å². The van der Waals surface area contributed by atoms with Gasteiger partial charge in [-0.3, -0.25) is 10.1 Å². The zero-order valence-corrected chi connectivity index (χ0v) is 16.7. The van der Waals surface area contributed by atoms with Crippen LogP contribution in [-0.2, 0) is 16.3 Å². The molecule has 140 valence electrons. The lowest BCUT2D eigenvalue weighted by molar-refractivity contribution is 0.102. The number of amides is 1. The van der Waals surface area contributed by atoms with Gasteiger partial charge in [0.25, 0.3) is 5.91 Å². The molecule has 0 atom stereocenters. The van der Waals surface area contributed by atoms with E-state index in [4.69, 9.17) is 11.6 Å². The summed E-state index contributed by atoms with van der Waals surface area (Å²) in [6.07, 6.45) is 0.218. The number of aromatic nitrogens is 2. The lowest BCUT2D eigenvalue weighted by Gasteiger charge is -2.03. The number of benzene rings is 2. The summed E-state index contributed by atoms with van der Waals surface area (Å²) in [6, 6.07) is 13.4. The van der Waals surface area contributed by atoms with Gasteiger partial charge in [-0.1, -0.05) is 52.8 Å². The predicted molar refractivity (Wildman–Crippen MR) is 106 cm³/mol. The Kier molecular flexibility index (Phi) is 5.88. The number of carbonyl (C=O) groups is 1. The molecule has 0 spiro atoms. The summed E-state index contributed by atoms with van der Waals surface area (Å²) in [4.78, 5) is 12.5. The number of carbonyl (C=O) groups excluding carboxylic acids is 1. The first kappa shape index (κ1) is 19.5. The molecule has 9 heteroatoms. The van der Waals surface area contributed by atoms with E-state index in [1.807, 2.05) is 6.92 Å². The number of anilines is 1. The van der Waals surface area contributed by atoms with E-state index in [0.29, 0.717) is 20.7 Å². The topological polar surface area (TPSA) is 89.0 Å². The van der Waals surface area contributed by atoms with Gasteiger partial charge in [0.1, 0.15) is 5.01 Å². The van der Waals surface area contributed by atoms with E-state index in [2.05, 4.69) is 15.5 Å². The molecule has 0 bridgehead atoms. The molecule has 0 aliphatic rings. The Morgan fingerprint density at radius 1 is 1.11 bits per heavy atom. The Morgan fingerprint density at radius 2 is 1.81 bits per heavy atom. The van der Waals surface area contributed by atoms with Crippen LogP contribution in [0.5, 0.6) is 0 Å². The minimum absolute atomic E-state index is 0.0802. The highest BCUT2D eigenvalue weighted by Gasteiger charge is 2.17. The predicted octanol–water partition coefficient (Wildman–Crippen LogP) is 3.77. The highest BCUT2D eigenvalue weighted by atomic mass is 35.5. The summed E-state index contributed by atoms with van der Waals surface area (Å²) in [5, 5.41) is 11.6. The molecular weight excluding hydrogens is 406 g/mol. The van der Waals surface area contributed by atoms with E-state index in [1.165, 1.54) is 0 Å². The lowest BCUT2D eigenvalue weighted by atomic mass is 10.2. The lowest BCUT2D eigenvalue weighted by Crippen LogP contribution is -2.12. The molecule has 0 aliphatic carbocycles. The number of nitrogens with zero attached hydrogens (tertiary/aromatic N) is 2. The second kappa shape index (κ2) is 8.16. The van der Waals surface area contributed by atoms with Crippen molar-refractivity contribution in [2.75, 3.05) is 11.1 Å². The van der Waals surface area contributed by atoms with Gasteiger partial charge < -0.3 is 0 Å². The number of hydrogen-bond donors (Lipinski definition) is 1. The van der Waals surface area contributed by atoms with Crippen LogP contribution in [0.15, 0.2) is 53.4 Å². The van der Waals surface area contributed by atoms with Crippen LogP contribution >= 0.6 is 22.9 Å². The normalized spacial score (nSPS) is 11.3. The van der Waals surface area contributed by atoms with Crippen molar-refractivity contribution in [2.24, 2.45) is 0 Å². The van der Waals surface area contributed by atoms with Crippen LogP contribution in [0.4, 0.5) is 5.13 Å². The summed E-state index contributed by atoms with van der Waals surface area (Å²) in [5.74, 6) is -0.473. The van der Waals surface area contributed by atoms with Crippen LogP contribution in [0.2, 0.25) is 5.02 Å². The number of aryl methyl sites for hydroxylation is 2. The van der Waals surface area contributed by atoms with Crippen molar-refractivity contribution in [1.82, 2.24) is 10.2 Å². The number of hydrogen-bond acceptors (Lipinski definition) is 6. The van der Waals surface area contributed by atoms with Crippen LogP contribution in [0.1, 0.15) is 20.9 Å². The molecule has 1 amide bonds. The van der Waals surface area contributed by atoms with Gasteiger partial charge in [-0.25, -0.2) is 8.42 Å². The molecule has 3 rings (SSSR count). The Hall–Kier alpha value is -2.29. The smallest absolute Gasteiger partial charge is 0.259 e. The maximum absolute atomic E-state index is 12.4. The number of nitrogens with one attached hydrogen (secondary N) is 1. The van der Waals surface area contributed by atoms with E-state index in [1.54, 1.807) is 48.5 Å². The molecule has 1 heterocycles. The molecule has 0 unspecified atom stereocenters. The molecule has 0 saturated carbocycles. The Morgan fingerprint density at radius 3 is 2.52 bits per heavy atom. The first-order valence-electron chi connectivity index (χ1n) is 8.03. The minimum atomic E-state index is -3.40. The molecule has 0 radical (unpaired) electrons. The van der Waals surface area contributed by atoms with Gasteiger partial charge in [0.2, 0.25) is 5.13 Å². The van der Waals surface area contributed by atoms with Crippen LogP contribution in [0.3, 0.4) is 0 Å². The van der Waals surface area contributed by atoms with E-state index in [-0.39, 0.29) is 17.1 Å². The Balaban J connectivity index is 1.63. The quantitative estimate of drug-likeness (QED) is 0.654. The molecule has 1 N–H and O–H groups in total. The molecular formula is C18H16ClN3O3S2. The van der Waals surface area contributed by atoms with E-state index < -0.39 is 15.7 Å². The molecule has 27 heavy (non-hydrogen) atoms. The van der Waals surface area contributed by atoms with Gasteiger partial charge in [-0.05, 0) is 31.2 Å². The van der Waals surface area contributed by atoms with Crippen molar-refractivity contribution in [2.45, 2.75) is 18.2 Å². The minimum Gasteiger partial charge on any atom is -0.296 e. The molecule has 2 aromatic carbocycles. The zero-order chi connectivity index (χ0) is 19.4. The molecule has 3 aromatic rings. The van der Waals surface area contributed by atoms with Gasteiger partial charge in [-0.15, -0.1) is 10.2 Å². The fourth-order valence-electron chi connectivity index (χ4n) is 2.30. The van der Waals surface area contributed by atoms with E-state index in [9.17, 15) is 13.2 Å². The standard InChI is InChI=1S/C18H16ClN3O3S2/c1-12-6-8-13(9-7-12)27(24,25)11-10-16-21-22-18(26-16)20-17(23)14-4-2-3-5-15(14)19/h2-9H,10-11H2,1H3,(H,20,22,23). The maximum atomic E-state index is 12.4.